The van der Waals surface area contributed by atoms with Crippen LogP contribution < -0.4 is 10.1 Å². The molecular weight excluding hydrogens is 361 g/mol. The average Bonchev–Trinajstić information content (AvgIpc) is 3.03. The second kappa shape index (κ2) is 6.92. The van der Waals surface area contributed by atoms with Gasteiger partial charge in [0.2, 0.25) is 5.91 Å². The summed E-state index contributed by atoms with van der Waals surface area (Å²) in [6.45, 7) is 1.79. The SMILES string of the molecule is COc1cccc(C(=O)C2CC(=O)Nc3c2c(C)nn3-c2ccc(F)cc2)c1. The van der Waals surface area contributed by atoms with E-state index >= 15 is 0 Å². The van der Waals surface area contributed by atoms with Crippen LogP contribution in [0.2, 0.25) is 0 Å². The van der Waals surface area contributed by atoms with Crippen molar-refractivity contribution in [2.45, 2.75) is 19.3 Å². The molecule has 1 atom stereocenters. The fraction of sp³-hybridized carbons (Fsp3) is 0.190. The number of hydrogen-bond acceptors (Lipinski definition) is 4. The second-order valence-corrected chi connectivity index (χ2v) is 6.64. The molecule has 4 rings (SSSR count). The van der Waals surface area contributed by atoms with Crippen LogP contribution in [0.1, 0.15) is 34.0 Å². The van der Waals surface area contributed by atoms with Crippen molar-refractivity contribution in [2.75, 3.05) is 12.4 Å². The Balaban J connectivity index is 1.80. The van der Waals surface area contributed by atoms with E-state index in [2.05, 4.69) is 10.4 Å². The molecule has 28 heavy (non-hydrogen) atoms. The molecule has 1 unspecified atom stereocenters. The van der Waals surface area contributed by atoms with E-state index in [0.717, 1.165) is 0 Å². The summed E-state index contributed by atoms with van der Waals surface area (Å²) >= 11 is 0. The van der Waals surface area contributed by atoms with Gasteiger partial charge in [-0.2, -0.15) is 5.10 Å². The average molecular weight is 379 g/mol. The molecule has 0 spiro atoms. The molecule has 0 saturated heterocycles. The molecule has 0 saturated carbocycles. The maximum atomic E-state index is 13.3. The largest absolute Gasteiger partial charge is 0.497 e. The first-order valence-electron chi connectivity index (χ1n) is 8.81. The number of hydrogen-bond donors (Lipinski definition) is 1. The van der Waals surface area contributed by atoms with Crippen molar-refractivity contribution in [2.24, 2.45) is 0 Å². The number of fused-ring (bicyclic) bond motifs is 1. The van der Waals surface area contributed by atoms with Gasteiger partial charge in [0.1, 0.15) is 17.4 Å². The number of carbonyl (C=O) groups is 2. The Hall–Kier alpha value is -3.48. The van der Waals surface area contributed by atoms with Gasteiger partial charge in [-0.25, -0.2) is 9.07 Å². The molecule has 0 bridgehead atoms. The van der Waals surface area contributed by atoms with Gasteiger partial charge in [-0.15, -0.1) is 0 Å². The van der Waals surface area contributed by atoms with Crippen LogP contribution in [-0.2, 0) is 4.79 Å². The molecule has 142 valence electrons. The highest BCUT2D eigenvalue weighted by Crippen LogP contribution is 2.38. The molecule has 6 nitrogen and oxygen atoms in total. The summed E-state index contributed by atoms with van der Waals surface area (Å²) in [5.41, 5.74) is 2.39. The van der Waals surface area contributed by atoms with E-state index in [-0.39, 0.29) is 23.9 Å². The zero-order valence-electron chi connectivity index (χ0n) is 15.4. The number of methoxy groups -OCH3 is 1. The minimum atomic E-state index is -0.648. The second-order valence-electron chi connectivity index (χ2n) is 6.64. The summed E-state index contributed by atoms with van der Waals surface area (Å²) < 4.78 is 20.0. The molecule has 0 radical (unpaired) electrons. The predicted molar refractivity (Wildman–Crippen MR) is 102 cm³/mol. The zero-order valence-corrected chi connectivity index (χ0v) is 15.4. The minimum absolute atomic E-state index is 0.0407. The number of rotatable bonds is 4. The highest BCUT2D eigenvalue weighted by atomic mass is 19.1. The van der Waals surface area contributed by atoms with Gasteiger partial charge in [0.05, 0.1) is 24.4 Å². The lowest BCUT2D eigenvalue weighted by Gasteiger charge is -2.23. The molecule has 7 heteroatoms. The number of nitrogens with zero attached hydrogens (tertiary/aromatic N) is 2. The summed E-state index contributed by atoms with van der Waals surface area (Å²) in [4.78, 5) is 25.5. The van der Waals surface area contributed by atoms with Crippen LogP contribution in [0.25, 0.3) is 5.69 Å². The van der Waals surface area contributed by atoms with Gasteiger partial charge in [-0.1, -0.05) is 12.1 Å². The van der Waals surface area contributed by atoms with Crippen molar-refractivity contribution < 1.29 is 18.7 Å². The third-order valence-corrected chi connectivity index (χ3v) is 4.84. The third-order valence-electron chi connectivity index (χ3n) is 4.84. The van der Waals surface area contributed by atoms with Crippen molar-refractivity contribution >= 4 is 17.5 Å². The number of benzene rings is 2. The Morgan fingerprint density at radius 2 is 2.00 bits per heavy atom. The number of amides is 1. The van der Waals surface area contributed by atoms with Gasteiger partial charge in [-0.3, -0.25) is 9.59 Å². The standard InChI is InChI=1S/C21H18FN3O3/c1-12-19-17(20(27)13-4-3-5-16(10-13)28-2)11-18(26)23-21(19)25(24-12)15-8-6-14(22)7-9-15/h3-10,17H,11H2,1-2H3,(H,23,26). The van der Waals surface area contributed by atoms with Gasteiger partial charge in [0, 0.05) is 17.5 Å². The Kier molecular flexibility index (Phi) is 4.43. The molecule has 0 aliphatic carbocycles. The summed E-state index contributed by atoms with van der Waals surface area (Å²) in [7, 11) is 1.53. The zero-order chi connectivity index (χ0) is 19.8. The molecule has 1 aliphatic rings. The Labute approximate surface area is 160 Å². The number of aromatic nitrogens is 2. The Morgan fingerprint density at radius 1 is 1.25 bits per heavy atom. The lowest BCUT2D eigenvalue weighted by molar-refractivity contribution is -0.116. The lowest BCUT2D eigenvalue weighted by Crippen LogP contribution is -2.28. The van der Waals surface area contributed by atoms with Gasteiger partial charge in [0.25, 0.3) is 0 Å². The van der Waals surface area contributed by atoms with Crippen molar-refractivity contribution in [3.63, 3.8) is 0 Å². The molecule has 1 aromatic heterocycles. The van der Waals surface area contributed by atoms with Crippen molar-refractivity contribution in [1.82, 2.24) is 9.78 Å². The van der Waals surface area contributed by atoms with Crippen LogP contribution in [0.5, 0.6) is 5.75 Å². The van der Waals surface area contributed by atoms with Crippen molar-refractivity contribution in [1.29, 1.82) is 0 Å². The van der Waals surface area contributed by atoms with Crippen LogP contribution >= 0.6 is 0 Å². The lowest BCUT2D eigenvalue weighted by atomic mass is 9.85. The molecule has 2 heterocycles. The first kappa shape index (κ1) is 17.9. The summed E-state index contributed by atoms with van der Waals surface area (Å²) in [6, 6.07) is 12.7. The van der Waals surface area contributed by atoms with Crippen molar-refractivity contribution in [3.8, 4) is 11.4 Å². The molecule has 3 aromatic rings. The van der Waals surface area contributed by atoms with E-state index in [0.29, 0.717) is 34.1 Å². The number of nitrogens with one attached hydrogen (secondary N) is 1. The van der Waals surface area contributed by atoms with E-state index in [1.54, 1.807) is 43.3 Å². The number of anilines is 1. The number of carbonyl (C=O) groups excluding carboxylic acids is 2. The fourth-order valence-corrected chi connectivity index (χ4v) is 3.52. The number of Topliss-reactive ketones (excluding diaryl/α,β-unsaturated/α-hetero) is 1. The van der Waals surface area contributed by atoms with E-state index in [1.165, 1.54) is 23.9 Å². The summed E-state index contributed by atoms with van der Waals surface area (Å²) in [5.74, 6) is -0.429. The van der Waals surface area contributed by atoms with E-state index < -0.39 is 5.92 Å². The predicted octanol–water partition coefficient (Wildman–Crippen LogP) is 3.64. The number of halogens is 1. The number of ketones is 1. The fourth-order valence-electron chi connectivity index (χ4n) is 3.52. The first-order chi connectivity index (χ1) is 13.5. The Morgan fingerprint density at radius 3 is 2.71 bits per heavy atom. The Bertz CT molecular complexity index is 1070. The topological polar surface area (TPSA) is 73.2 Å². The third kappa shape index (κ3) is 3.05. The van der Waals surface area contributed by atoms with Crippen LogP contribution in [-0.4, -0.2) is 28.6 Å². The van der Waals surface area contributed by atoms with Gasteiger partial charge in [-0.05, 0) is 43.3 Å². The van der Waals surface area contributed by atoms with Gasteiger partial charge >= 0.3 is 0 Å². The van der Waals surface area contributed by atoms with Crippen LogP contribution in [0.3, 0.4) is 0 Å². The molecule has 2 aromatic carbocycles. The normalized spacial score (nSPS) is 15.7. The van der Waals surface area contributed by atoms with Crippen LogP contribution in [0, 0.1) is 12.7 Å². The van der Waals surface area contributed by atoms with Gasteiger partial charge in [0.15, 0.2) is 5.78 Å². The molecular formula is C21H18FN3O3. The van der Waals surface area contributed by atoms with E-state index in [1.807, 2.05) is 0 Å². The quantitative estimate of drug-likeness (QED) is 0.703. The molecule has 1 N–H and O–H groups in total. The summed E-state index contributed by atoms with van der Waals surface area (Å²) in [6.07, 6.45) is 0.0407. The van der Waals surface area contributed by atoms with Gasteiger partial charge < -0.3 is 10.1 Å². The number of ether oxygens (including phenoxy) is 1. The maximum absolute atomic E-state index is 13.3. The van der Waals surface area contributed by atoms with Crippen LogP contribution in [0.15, 0.2) is 48.5 Å². The minimum Gasteiger partial charge on any atom is -0.497 e. The summed E-state index contributed by atoms with van der Waals surface area (Å²) in [5, 5.41) is 7.30. The molecule has 1 aliphatic heterocycles. The van der Waals surface area contributed by atoms with E-state index in [9.17, 15) is 14.0 Å². The monoisotopic (exact) mass is 379 g/mol. The van der Waals surface area contributed by atoms with Crippen LogP contribution in [0.4, 0.5) is 10.2 Å². The van der Waals surface area contributed by atoms with E-state index in [4.69, 9.17) is 4.74 Å². The molecule has 0 fully saturated rings. The van der Waals surface area contributed by atoms with Crippen molar-refractivity contribution in [3.05, 3.63) is 71.2 Å². The maximum Gasteiger partial charge on any atom is 0.226 e. The highest BCUT2D eigenvalue weighted by molar-refractivity contribution is 6.08. The number of aryl methyl sites for hydroxylation is 1. The first-order valence-corrected chi connectivity index (χ1v) is 8.81. The highest BCUT2D eigenvalue weighted by Gasteiger charge is 2.36. The smallest absolute Gasteiger partial charge is 0.226 e. The molecule has 1 amide bonds.